The second kappa shape index (κ2) is 7.06. The number of aromatic carboxylic acids is 1. The van der Waals surface area contributed by atoms with Crippen LogP contribution in [-0.4, -0.2) is 17.0 Å². The van der Waals surface area contributed by atoms with Gasteiger partial charge in [-0.15, -0.1) is 0 Å². The van der Waals surface area contributed by atoms with Gasteiger partial charge < -0.3 is 10.4 Å². The zero-order valence-electron chi connectivity index (χ0n) is 12.5. The monoisotopic (exact) mass is 415 g/mol. The third-order valence-corrected chi connectivity index (χ3v) is 3.57. The van der Waals surface area contributed by atoms with Crippen LogP contribution in [0.4, 0.5) is 36.4 Å². The fourth-order valence-corrected chi connectivity index (χ4v) is 2.28. The highest BCUT2D eigenvalue weighted by Gasteiger charge is 2.35. The normalized spacial score (nSPS) is 11.4. The summed E-state index contributed by atoms with van der Waals surface area (Å²) in [4.78, 5) is 23.0. The molecule has 2 aromatic carbocycles. The number of carbonyl (C=O) groups excluding carboxylic acids is 1. The molecule has 0 heterocycles. The summed E-state index contributed by atoms with van der Waals surface area (Å²) in [5.41, 5.74) is -5.59. The van der Waals surface area contributed by atoms with Gasteiger partial charge in [-0.25, -0.2) is 22.4 Å². The lowest BCUT2D eigenvalue weighted by Gasteiger charge is -2.13. The third-order valence-electron chi connectivity index (χ3n) is 3.24. The molecule has 0 aliphatic carbocycles. The summed E-state index contributed by atoms with van der Waals surface area (Å²) in [6, 6.07) is 1.89. The summed E-state index contributed by atoms with van der Waals surface area (Å²) >= 11 is 5.37. The fraction of sp³-hybridized carbons (Fsp3) is 0.0667. The zero-order valence-corrected chi connectivity index (χ0v) is 13.3. The minimum Gasteiger partial charge on any atom is -0.478 e. The van der Waals surface area contributed by atoms with Crippen molar-refractivity contribution in [2.45, 2.75) is 6.18 Å². The van der Waals surface area contributed by atoms with Gasteiger partial charge in [0.1, 0.15) is 5.56 Å². The quantitative estimate of drug-likeness (QED) is 0.427. The van der Waals surface area contributed by atoms with Crippen molar-refractivity contribution in [2.24, 2.45) is 0 Å². The first kappa shape index (κ1) is 20.5. The van der Waals surface area contributed by atoms with Gasteiger partial charge in [0, 0.05) is 5.69 Å². The molecule has 144 valence electrons. The Bertz CT molecular complexity index is 960. The summed E-state index contributed by atoms with van der Waals surface area (Å²) in [5, 5.41) is 9.76. The first-order valence-corrected chi connectivity index (χ1v) is 7.01. The minimum atomic E-state index is -4.93. The highest BCUT2D eigenvalue weighted by Crippen LogP contribution is 2.36. The van der Waals surface area contributed by atoms with Crippen LogP contribution in [0.1, 0.15) is 26.3 Å². The molecule has 0 aromatic heterocycles. The van der Waals surface area contributed by atoms with Crippen LogP contribution in [0.25, 0.3) is 0 Å². The molecule has 0 atom stereocenters. The molecule has 4 nitrogen and oxygen atoms in total. The number of alkyl halides is 3. The van der Waals surface area contributed by atoms with E-state index in [1.807, 2.05) is 0 Å². The highest BCUT2D eigenvalue weighted by molar-refractivity contribution is 6.31. The number of nitrogens with one attached hydrogen (secondary N) is 1. The number of carbonyl (C=O) groups is 2. The molecule has 2 N–H and O–H groups in total. The Labute approximate surface area is 150 Å². The van der Waals surface area contributed by atoms with Gasteiger partial charge in [0.15, 0.2) is 23.3 Å². The maximum atomic E-state index is 13.8. The number of rotatable bonds is 3. The molecule has 0 aliphatic rings. The summed E-state index contributed by atoms with van der Waals surface area (Å²) in [7, 11) is 0. The molecular formula is C15H5ClF7NO3. The van der Waals surface area contributed by atoms with E-state index in [2.05, 4.69) is 0 Å². The van der Waals surface area contributed by atoms with Gasteiger partial charge >= 0.3 is 12.1 Å². The van der Waals surface area contributed by atoms with Gasteiger partial charge in [0.2, 0.25) is 0 Å². The van der Waals surface area contributed by atoms with Gasteiger partial charge in [0.25, 0.3) is 5.91 Å². The number of carboxylic acid groups (broad SMARTS) is 1. The van der Waals surface area contributed by atoms with E-state index in [1.54, 1.807) is 5.32 Å². The Morgan fingerprint density at radius 2 is 1.44 bits per heavy atom. The van der Waals surface area contributed by atoms with E-state index in [0.717, 1.165) is 12.1 Å². The average Bonchev–Trinajstić information content (AvgIpc) is 2.56. The van der Waals surface area contributed by atoms with E-state index in [1.165, 1.54) is 0 Å². The van der Waals surface area contributed by atoms with Gasteiger partial charge in [0.05, 0.1) is 16.1 Å². The fourth-order valence-electron chi connectivity index (χ4n) is 2.06. The van der Waals surface area contributed by atoms with Crippen LogP contribution in [0.15, 0.2) is 18.2 Å². The van der Waals surface area contributed by atoms with Crippen LogP contribution in [0.3, 0.4) is 0 Å². The summed E-state index contributed by atoms with van der Waals surface area (Å²) in [6.45, 7) is 0. The number of hydrogen-bond acceptors (Lipinski definition) is 2. The Balaban J connectivity index is 2.56. The number of hydrogen-bond donors (Lipinski definition) is 2. The average molecular weight is 416 g/mol. The lowest BCUT2D eigenvalue weighted by molar-refractivity contribution is -0.137. The van der Waals surface area contributed by atoms with Gasteiger partial charge in [-0.1, -0.05) is 11.6 Å². The van der Waals surface area contributed by atoms with E-state index in [-0.39, 0.29) is 0 Å². The molecule has 2 rings (SSSR count). The first-order chi connectivity index (χ1) is 12.4. The second-order valence-electron chi connectivity index (χ2n) is 4.96. The van der Waals surface area contributed by atoms with Crippen molar-refractivity contribution in [2.75, 3.05) is 5.32 Å². The predicted octanol–water partition coefficient (Wildman–Crippen LogP) is 4.87. The van der Waals surface area contributed by atoms with E-state index >= 15 is 0 Å². The minimum absolute atomic E-state index is 0.328. The molecule has 2 aromatic rings. The molecule has 0 bridgehead atoms. The van der Waals surface area contributed by atoms with E-state index in [4.69, 9.17) is 16.7 Å². The second-order valence-corrected chi connectivity index (χ2v) is 5.36. The Hall–Kier alpha value is -2.82. The van der Waals surface area contributed by atoms with E-state index in [0.29, 0.717) is 6.07 Å². The molecular weight excluding hydrogens is 411 g/mol. The van der Waals surface area contributed by atoms with Crippen LogP contribution < -0.4 is 5.32 Å². The summed E-state index contributed by atoms with van der Waals surface area (Å²) in [5.74, 6) is -13.7. The number of carboxylic acids is 1. The van der Waals surface area contributed by atoms with Crippen molar-refractivity contribution in [3.8, 4) is 0 Å². The number of benzene rings is 2. The standard InChI is InChI=1S/C15H5ClF7NO3/c16-6-2-1-4(3-5(6)15(21,22)23)24-13(25)7-8(14(26)27)10(18)12(20)11(19)9(7)17/h1-3H,(H,24,25)(H,26,27). The number of amides is 1. The van der Waals surface area contributed by atoms with Crippen molar-refractivity contribution >= 4 is 29.2 Å². The maximum Gasteiger partial charge on any atom is 0.417 e. The van der Waals surface area contributed by atoms with Crippen LogP contribution in [-0.2, 0) is 6.18 Å². The molecule has 27 heavy (non-hydrogen) atoms. The predicted molar refractivity (Wildman–Crippen MR) is 77.6 cm³/mol. The molecule has 0 unspecified atom stereocenters. The third kappa shape index (κ3) is 3.82. The van der Waals surface area contributed by atoms with E-state index < -0.39 is 68.7 Å². The maximum absolute atomic E-state index is 13.8. The van der Waals surface area contributed by atoms with Gasteiger partial charge in [-0.2, -0.15) is 13.2 Å². The smallest absolute Gasteiger partial charge is 0.417 e. The molecule has 0 aliphatic heterocycles. The lowest BCUT2D eigenvalue weighted by Crippen LogP contribution is -2.22. The molecule has 0 saturated carbocycles. The first-order valence-electron chi connectivity index (χ1n) is 6.63. The van der Waals surface area contributed by atoms with Crippen molar-refractivity contribution in [3.05, 3.63) is 63.2 Å². The Kier molecular flexibility index (Phi) is 5.36. The van der Waals surface area contributed by atoms with Crippen LogP contribution >= 0.6 is 11.6 Å². The molecule has 1 amide bonds. The Morgan fingerprint density at radius 3 is 1.93 bits per heavy atom. The highest BCUT2D eigenvalue weighted by atomic mass is 35.5. The van der Waals surface area contributed by atoms with Crippen molar-refractivity contribution in [3.63, 3.8) is 0 Å². The summed E-state index contributed by atoms with van der Waals surface area (Å²) < 4.78 is 92.4. The van der Waals surface area contributed by atoms with Crippen molar-refractivity contribution < 1.29 is 45.4 Å². The molecule has 0 radical (unpaired) electrons. The number of halogens is 8. The largest absolute Gasteiger partial charge is 0.478 e. The topological polar surface area (TPSA) is 66.4 Å². The van der Waals surface area contributed by atoms with Crippen LogP contribution in [0, 0.1) is 23.3 Å². The van der Waals surface area contributed by atoms with Crippen molar-refractivity contribution in [1.29, 1.82) is 0 Å². The zero-order chi connectivity index (χ0) is 20.7. The van der Waals surface area contributed by atoms with Gasteiger partial charge in [-0.05, 0) is 18.2 Å². The van der Waals surface area contributed by atoms with Crippen molar-refractivity contribution in [1.82, 2.24) is 0 Å². The van der Waals surface area contributed by atoms with Crippen LogP contribution in [0.2, 0.25) is 5.02 Å². The molecule has 0 spiro atoms. The van der Waals surface area contributed by atoms with Gasteiger partial charge in [-0.3, -0.25) is 4.79 Å². The summed E-state index contributed by atoms with van der Waals surface area (Å²) in [6.07, 6.45) is -4.93. The number of anilines is 1. The van der Waals surface area contributed by atoms with E-state index in [9.17, 15) is 40.3 Å². The molecule has 0 fully saturated rings. The Morgan fingerprint density at radius 1 is 0.926 bits per heavy atom. The van der Waals surface area contributed by atoms with Crippen LogP contribution in [0.5, 0.6) is 0 Å². The molecule has 0 saturated heterocycles. The SMILES string of the molecule is O=C(O)c1c(F)c(F)c(F)c(F)c1C(=O)Nc1ccc(Cl)c(C(F)(F)F)c1. The lowest BCUT2D eigenvalue weighted by atomic mass is 10.0. The molecule has 12 heteroatoms.